The number of nitrogens with two attached hydrogens (primary N) is 1. The van der Waals surface area contributed by atoms with E-state index in [0.29, 0.717) is 23.3 Å². The van der Waals surface area contributed by atoms with Crippen molar-refractivity contribution in [2.24, 2.45) is 5.73 Å². The number of hydrogen-bond acceptors (Lipinski definition) is 5. The summed E-state index contributed by atoms with van der Waals surface area (Å²) < 4.78 is 39.0. The van der Waals surface area contributed by atoms with Crippen molar-refractivity contribution in [3.63, 3.8) is 0 Å². The van der Waals surface area contributed by atoms with Gasteiger partial charge < -0.3 is 10.7 Å². The van der Waals surface area contributed by atoms with Gasteiger partial charge in [-0.15, -0.1) is 0 Å². The lowest BCUT2D eigenvalue weighted by molar-refractivity contribution is 0.0971. The van der Waals surface area contributed by atoms with Gasteiger partial charge in [0.25, 0.3) is 16.0 Å². The van der Waals surface area contributed by atoms with Gasteiger partial charge in [-0.3, -0.25) is 20.1 Å². The number of nitrogens with one attached hydrogen (secondary N) is 3. The van der Waals surface area contributed by atoms with E-state index < -0.39 is 22.0 Å². The first kappa shape index (κ1) is 19.3. The number of carbonyl (C=O) groups is 1. The Balaban J connectivity index is 0.000000505. The van der Waals surface area contributed by atoms with Crippen molar-refractivity contribution in [2.45, 2.75) is 6.92 Å². The van der Waals surface area contributed by atoms with Gasteiger partial charge in [-0.05, 0) is 19.1 Å². The Morgan fingerprint density at radius 1 is 1.46 bits per heavy atom. The number of amides is 1. The fourth-order valence-electron chi connectivity index (χ4n) is 1.64. The molecule has 1 aromatic carbocycles. The molecular formula is C13H16FN5O4S. The molecule has 0 bridgehead atoms. The van der Waals surface area contributed by atoms with E-state index in [1.807, 2.05) is 0 Å². The maximum absolute atomic E-state index is 13.1. The van der Waals surface area contributed by atoms with E-state index in [1.54, 1.807) is 19.1 Å². The number of guanidine groups is 1. The molecule has 24 heavy (non-hydrogen) atoms. The topological polar surface area (TPSA) is 162 Å². The average Bonchev–Trinajstić information content (AvgIpc) is 2.78. The van der Waals surface area contributed by atoms with E-state index in [9.17, 15) is 17.6 Å². The quantitative estimate of drug-likeness (QED) is 0.301. The molecule has 0 unspecified atom stereocenters. The van der Waals surface area contributed by atoms with E-state index in [2.05, 4.69) is 15.3 Å². The number of aromatic nitrogens is 2. The van der Waals surface area contributed by atoms with Crippen molar-refractivity contribution in [1.82, 2.24) is 15.3 Å². The van der Waals surface area contributed by atoms with E-state index in [4.69, 9.17) is 15.7 Å². The Bertz CT molecular complexity index is 855. The summed E-state index contributed by atoms with van der Waals surface area (Å²) in [4.78, 5) is 18.7. The van der Waals surface area contributed by atoms with Crippen LogP contribution in [0.3, 0.4) is 0 Å². The second-order valence-corrected chi connectivity index (χ2v) is 6.12. The molecule has 0 atom stereocenters. The summed E-state index contributed by atoms with van der Waals surface area (Å²) in [6, 6.07) is 5.86. The summed E-state index contributed by atoms with van der Waals surface area (Å²) in [6.45, 7) is 1.63. The Hall–Kier alpha value is -2.79. The zero-order valence-corrected chi connectivity index (χ0v) is 13.6. The number of carbonyl (C=O) groups excluding carboxylic acids is 1. The highest BCUT2D eigenvalue weighted by Gasteiger charge is 2.15. The van der Waals surface area contributed by atoms with Crippen LogP contribution in [0.1, 0.15) is 16.2 Å². The first-order chi connectivity index (χ1) is 11.0. The molecule has 0 fully saturated rings. The van der Waals surface area contributed by atoms with Crippen molar-refractivity contribution in [1.29, 1.82) is 5.41 Å². The largest absolute Gasteiger partial charge is 0.370 e. The van der Waals surface area contributed by atoms with Gasteiger partial charge in [0.15, 0.2) is 5.96 Å². The summed E-state index contributed by atoms with van der Waals surface area (Å²) >= 11 is 0. The first-order valence-corrected chi connectivity index (χ1v) is 8.22. The molecule has 2 rings (SSSR count). The van der Waals surface area contributed by atoms with Crippen LogP contribution in [0, 0.1) is 18.2 Å². The molecule has 0 saturated heterocycles. The lowest BCUT2D eigenvalue weighted by Gasteiger charge is -2.00. The van der Waals surface area contributed by atoms with Gasteiger partial charge in [0, 0.05) is 5.56 Å². The van der Waals surface area contributed by atoms with Gasteiger partial charge in [-0.25, -0.2) is 9.37 Å². The second-order valence-electron chi connectivity index (χ2n) is 4.66. The first-order valence-electron chi connectivity index (χ1n) is 6.37. The third kappa shape index (κ3) is 6.54. The highest BCUT2D eigenvalue weighted by Crippen LogP contribution is 2.18. The number of aryl methyl sites for hydroxylation is 1. The second kappa shape index (κ2) is 7.66. The van der Waals surface area contributed by atoms with Crippen LogP contribution in [0.25, 0.3) is 11.4 Å². The molecule has 11 heteroatoms. The molecule has 6 N–H and O–H groups in total. The third-order valence-corrected chi connectivity index (χ3v) is 2.46. The molecule has 2 aromatic rings. The number of benzene rings is 1. The molecule has 0 aliphatic rings. The van der Waals surface area contributed by atoms with Crippen LogP contribution >= 0.6 is 0 Å². The Morgan fingerprint density at radius 3 is 2.54 bits per heavy atom. The molecule has 0 aliphatic carbocycles. The lowest BCUT2D eigenvalue weighted by atomic mass is 10.2. The molecule has 0 radical (unpaired) electrons. The van der Waals surface area contributed by atoms with E-state index in [0.717, 1.165) is 0 Å². The fraction of sp³-hybridized carbons (Fsp3) is 0.154. The maximum Gasteiger partial charge on any atom is 0.276 e. The minimum Gasteiger partial charge on any atom is -0.370 e. The van der Waals surface area contributed by atoms with E-state index in [-0.39, 0.29) is 11.5 Å². The third-order valence-electron chi connectivity index (χ3n) is 2.46. The summed E-state index contributed by atoms with van der Waals surface area (Å²) in [5, 5.41) is 9.16. The van der Waals surface area contributed by atoms with Crippen LogP contribution < -0.4 is 11.1 Å². The van der Waals surface area contributed by atoms with Crippen LogP contribution in [-0.2, 0) is 10.1 Å². The minimum atomic E-state index is -3.67. The molecular weight excluding hydrogens is 341 g/mol. The van der Waals surface area contributed by atoms with Gasteiger partial charge in [-0.2, -0.15) is 8.42 Å². The van der Waals surface area contributed by atoms with Crippen LogP contribution in [0.5, 0.6) is 0 Å². The summed E-state index contributed by atoms with van der Waals surface area (Å²) in [5.41, 5.74) is 6.25. The van der Waals surface area contributed by atoms with Crippen LogP contribution in [0.4, 0.5) is 4.39 Å². The highest BCUT2D eigenvalue weighted by molar-refractivity contribution is 7.85. The smallest absolute Gasteiger partial charge is 0.276 e. The Labute approximate surface area is 137 Å². The van der Waals surface area contributed by atoms with Crippen LogP contribution in [-0.4, -0.2) is 41.1 Å². The van der Waals surface area contributed by atoms with Gasteiger partial charge in [0.1, 0.15) is 17.3 Å². The predicted molar refractivity (Wildman–Crippen MR) is 85.6 cm³/mol. The predicted octanol–water partition coefficient (Wildman–Crippen LogP) is 0.651. The lowest BCUT2D eigenvalue weighted by Crippen LogP contribution is -2.36. The average molecular weight is 357 g/mol. The number of H-pyrrole nitrogens is 1. The van der Waals surface area contributed by atoms with Crippen molar-refractivity contribution >= 4 is 22.0 Å². The standard InChI is InChI=1S/C12H12FN5O.CH4O3S/c1-6-9(11(19)18-12(14)15)17-10(16-6)7-3-2-4-8(13)5-7;1-5(2,3)4/h2-5H,1H3,(H,16,17)(H4,14,15,18,19);1H3,(H,2,3,4). The van der Waals surface area contributed by atoms with Crippen LogP contribution in [0.2, 0.25) is 0 Å². The molecule has 0 spiro atoms. The zero-order valence-electron chi connectivity index (χ0n) is 12.8. The van der Waals surface area contributed by atoms with Gasteiger partial charge in [0.05, 0.1) is 11.9 Å². The number of halogens is 1. The summed E-state index contributed by atoms with van der Waals surface area (Å²) in [6.07, 6.45) is 0.715. The molecule has 9 nitrogen and oxygen atoms in total. The number of rotatable bonds is 2. The van der Waals surface area contributed by atoms with Crippen molar-refractivity contribution in [3.05, 3.63) is 41.5 Å². The Morgan fingerprint density at radius 2 is 2.04 bits per heavy atom. The van der Waals surface area contributed by atoms with E-state index in [1.165, 1.54) is 12.1 Å². The van der Waals surface area contributed by atoms with E-state index >= 15 is 0 Å². The number of aromatic amines is 1. The molecule has 0 aliphatic heterocycles. The number of nitrogens with zero attached hydrogens (tertiary/aromatic N) is 1. The molecule has 1 amide bonds. The molecule has 0 saturated carbocycles. The molecule has 1 heterocycles. The summed E-state index contributed by atoms with van der Waals surface area (Å²) in [7, 11) is -3.67. The van der Waals surface area contributed by atoms with Crippen LogP contribution in [0.15, 0.2) is 24.3 Å². The normalized spacial score (nSPS) is 10.5. The zero-order chi connectivity index (χ0) is 18.5. The van der Waals surface area contributed by atoms with Crippen molar-refractivity contribution in [3.8, 4) is 11.4 Å². The minimum absolute atomic E-state index is 0.189. The SMILES string of the molecule is CS(=O)(=O)O.Cc1nc(-c2cccc(F)c2)[nH]c1C(=O)NC(=N)N. The van der Waals surface area contributed by atoms with Gasteiger partial charge in [0.2, 0.25) is 0 Å². The highest BCUT2D eigenvalue weighted by atomic mass is 32.2. The Kier molecular flexibility index (Phi) is 6.14. The summed E-state index contributed by atoms with van der Waals surface area (Å²) in [5.74, 6) is -1.02. The van der Waals surface area contributed by atoms with Gasteiger partial charge in [-0.1, -0.05) is 12.1 Å². The van der Waals surface area contributed by atoms with Crippen molar-refractivity contribution < 1.29 is 22.2 Å². The molecule has 130 valence electrons. The monoisotopic (exact) mass is 357 g/mol. The number of imidazole rings is 1. The fourth-order valence-corrected chi connectivity index (χ4v) is 1.64. The maximum atomic E-state index is 13.1. The number of hydrogen-bond donors (Lipinski definition) is 5. The van der Waals surface area contributed by atoms with Gasteiger partial charge >= 0.3 is 0 Å². The van der Waals surface area contributed by atoms with Crippen molar-refractivity contribution in [2.75, 3.05) is 6.26 Å². The molecule has 1 aromatic heterocycles.